The molecule has 1 aromatic rings. The Morgan fingerprint density at radius 2 is 2.22 bits per heavy atom. The van der Waals surface area contributed by atoms with Crippen molar-refractivity contribution in [2.45, 2.75) is 25.1 Å². The Balaban J connectivity index is 2.09. The van der Waals surface area contributed by atoms with Crippen molar-refractivity contribution in [2.75, 3.05) is 18.4 Å². The maximum Gasteiger partial charge on any atom is 0.417 e. The van der Waals surface area contributed by atoms with Crippen LogP contribution in [0.25, 0.3) is 0 Å². The molecule has 7 heteroatoms. The predicted octanol–water partition coefficient (Wildman–Crippen LogP) is 2.92. The average Bonchev–Trinajstić information content (AvgIpc) is 2.32. The summed E-state index contributed by atoms with van der Waals surface area (Å²) < 4.78 is 37.3. The second kappa shape index (κ2) is 5.32. The van der Waals surface area contributed by atoms with Gasteiger partial charge in [0.1, 0.15) is 5.82 Å². The normalized spacial score (nSPS) is 20.8. The van der Waals surface area contributed by atoms with E-state index in [1.54, 1.807) is 0 Å². The molecule has 1 atom stereocenters. The number of aromatic nitrogens is 1. The number of nitrogens with one attached hydrogen (secondary N) is 2. The van der Waals surface area contributed by atoms with Gasteiger partial charge in [0.05, 0.1) is 10.6 Å². The molecule has 2 N–H and O–H groups in total. The molecular formula is C11H13ClF3N3. The van der Waals surface area contributed by atoms with Gasteiger partial charge in [0.15, 0.2) is 0 Å². The van der Waals surface area contributed by atoms with Crippen molar-refractivity contribution in [3.8, 4) is 0 Å². The van der Waals surface area contributed by atoms with Crippen LogP contribution in [-0.4, -0.2) is 24.1 Å². The Labute approximate surface area is 108 Å². The van der Waals surface area contributed by atoms with E-state index in [9.17, 15) is 13.2 Å². The molecule has 0 spiro atoms. The minimum atomic E-state index is -4.42. The minimum absolute atomic E-state index is 0.00426. The third kappa shape index (κ3) is 3.26. The van der Waals surface area contributed by atoms with Crippen LogP contribution >= 0.6 is 11.6 Å². The van der Waals surface area contributed by atoms with Gasteiger partial charge in [-0.1, -0.05) is 11.6 Å². The lowest BCUT2D eigenvalue weighted by Gasteiger charge is -2.24. The van der Waals surface area contributed by atoms with Crippen molar-refractivity contribution in [1.82, 2.24) is 10.3 Å². The van der Waals surface area contributed by atoms with Crippen molar-refractivity contribution in [3.05, 3.63) is 22.8 Å². The number of alkyl halides is 3. The van der Waals surface area contributed by atoms with E-state index in [1.165, 1.54) is 0 Å². The fourth-order valence-electron chi connectivity index (χ4n) is 1.87. The molecule has 2 heterocycles. The molecule has 0 amide bonds. The molecule has 1 aliphatic heterocycles. The number of anilines is 1. The molecule has 3 nitrogen and oxygen atoms in total. The smallest absolute Gasteiger partial charge is 0.365 e. The summed E-state index contributed by atoms with van der Waals surface area (Å²) in [5, 5.41) is 6.25. The lowest BCUT2D eigenvalue weighted by molar-refractivity contribution is -0.137. The summed E-state index contributed by atoms with van der Waals surface area (Å²) in [4.78, 5) is 3.75. The van der Waals surface area contributed by atoms with E-state index in [0.717, 1.165) is 38.2 Å². The van der Waals surface area contributed by atoms with Crippen LogP contribution in [0.1, 0.15) is 18.4 Å². The summed E-state index contributed by atoms with van der Waals surface area (Å²) in [6.45, 7) is 1.73. The van der Waals surface area contributed by atoms with E-state index in [2.05, 4.69) is 15.6 Å². The highest BCUT2D eigenvalue weighted by Crippen LogP contribution is 2.32. The highest BCUT2D eigenvalue weighted by atomic mass is 35.5. The van der Waals surface area contributed by atoms with Gasteiger partial charge < -0.3 is 10.6 Å². The van der Waals surface area contributed by atoms with Gasteiger partial charge >= 0.3 is 6.18 Å². The molecule has 0 saturated carbocycles. The Bertz CT molecular complexity index is 416. The molecule has 1 fully saturated rings. The first kappa shape index (κ1) is 13.4. The molecule has 2 rings (SSSR count). The number of hydrogen-bond acceptors (Lipinski definition) is 3. The van der Waals surface area contributed by atoms with Gasteiger partial charge in [-0.25, -0.2) is 4.98 Å². The molecule has 0 radical (unpaired) electrons. The van der Waals surface area contributed by atoms with Gasteiger partial charge in [0.2, 0.25) is 0 Å². The number of hydrogen-bond donors (Lipinski definition) is 2. The predicted molar refractivity (Wildman–Crippen MR) is 63.8 cm³/mol. The first-order valence-electron chi connectivity index (χ1n) is 5.67. The summed E-state index contributed by atoms with van der Waals surface area (Å²) in [5.41, 5.74) is -0.834. The van der Waals surface area contributed by atoms with Crippen LogP contribution < -0.4 is 10.6 Å². The third-order valence-corrected chi connectivity index (χ3v) is 3.09. The zero-order chi connectivity index (χ0) is 13.2. The Morgan fingerprint density at radius 3 is 2.78 bits per heavy atom. The van der Waals surface area contributed by atoms with E-state index in [0.29, 0.717) is 5.82 Å². The molecule has 0 bridgehead atoms. The fraction of sp³-hybridized carbons (Fsp3) is 0.545. The zero-order valence-electron chi connectivity index (χ0n) is 9.52. The van der Waals surface area contributed by atoms with E-state index in [4.69, 9.17) is 11.6 Å². The zero-order valence-corrected chi connectivity index (χ0v) is 10.3. The van der Waals surface area contributed by atoms with Gasteiger partial charge in [0, 0.05) is 18.8 Å². The summed E-state index contributed by atoms with van der Waals surface area (Å²) in [7, 11) is 0. The van der Waals surface area contributed by atoms with E-state index in [1.807, 2.05) is 0 Å². The Hall–Kier alpha value is -1.01. The van der Waals surface area contributed by atoms with Crippen LogP contribution in [0.15, 0.2) is 12.3 Å². The minimum Gasteiger partial charge on any atom is -0.365 e. The van der Waals surface area contributed by atoms with Crippen molar-refractivity contribution in [1.29, 1.82) is 0 Å². The maximum atomic E-state index is 12.4. The highest BCUT2D eigenvalue weighted by Gasteiger charge is 2.31. The van der Waals surface area contributed by atoms with Crippen LogP contribution in [0.2, 0.25) is 5.02 Å². The number of piperidine rings is 1. The number of rotatable bonds is 2. The van der Waals surface area contributed by atoms with Gasteiger partial charge in [-0.05, 0) is 25.5 Å². The second-order valence-corrected chi connectivity index (χ2v) is 4.65. The topological polar surface area (TPSA) is 37.0 Å². The molecule has 0 unspecified atom stereocenters. The molecule has 1 aromatic heterocycles. The molecule has 18 heavy (non-hydrogen) atoms. The summed E-state index contributed by atoms with van der Waals surface area (Å²) in [6.07, 6.45) is -1.64. The number of nitrogens with zero attached hydrogens (tertiary/aromatic N) is 1. The molecule has 1 aliphatic rings. The molecule has 0 aromatic carbocycles. The second-order valence-electron chi connectivity index (χ2n) is 4.24. The lowest BCUT2D eigenvalue weighted by Crippen LogP contribution is -2.38. The first-order valence-corrected chi connectivity index (χ1v) is 6.04. The van der Waals surface area contributed by atoms with Crippen molar-refractivity contribution in [3.63, 3.8) is 0 Å². The van der Waals surface area contributed by atoms with Crippen LogP contribution in [0.3, 0.4) is 0 Å². The lowest BCUT2D eigenvalue weighted by atomic mass is 10.1. The molecule has 1 saturated heterocycles. The van der Waals surface area contributed by atoms with E-state index < -0.39 is 11.7 Å². The van der Waals surface area contributed by atoms with E-state index >= 15 is 0 Å². The van der Waals surface area contributed by atoms with Gasteiger partial charge in [-0.15, -0.1) is 0 Å². The average molecular weight is 280 g/mol. The maximum absolute atomic E-state index is 12.4. The highest BCUT2D eigenvalue weighted by molar-refractivity contribution is 6.33. The number of halogens is 4. The Kier molecular flexibility index (Phi) is 3.97. The van der Waals surface area contributed by atoms with Crippen LogP contribution in [0, 0.1) is 0 Å². The van der Waals surface area contributed by atoms with E-state index in [-0.39, 0.29) is 11.1 Å². The summed E-state index contributed by atoms with van der Waals surface area (Å²) in [6, 6.07) is 1.05. The summed E-state index contributed by atoms with van der Waals surface area (Å²) in [5.74, 6) is 0.304. The third-order valence-electron chi connectivity index (χ3n) is 2.81. The van der Waals surface area contributed by atoms with Crippen LogP contribution in [-0.2, 0) is 6.18 Å². The fourth-order valence-corrected chi connectivity index (χ4v) is 2.09. The quantitative estimate of drug-likeness (QED) is 0.874. The first-order chi connectivity index (χ1) is 8.47. The Morgan fingerprint density at radius 1 is 1.44 bits per heavy atom. The molecule has 100 valence electrons. The van der Waals surface area contributed by atoms with Gasteiger partial charge in [0.25, 0.3) is 0 Å². The standard InChI is InChI=1S/C11H13ClF3N3/c12-9-4-7(11(13,14)15)5-17-10(9)18-8-2-1-3-16-6-8/h4-5,8,16H,1-3,6H2,(H,17,18)/t8-/m0/s1. The van der Waals surface area contributed by atoms with Crippen molar-refractivity contribution >= 4 is 17.4 Å². The van der Waals surface area contributed by atoms with Gasteiger partial charge in [-0.2, -0.15) is 13.2 Å². The number of pyridine rings is 1. The summed E-state index contributed by atoms with van der Waals surface area (Å²) >= 11 is 5.81. The molecular weight excluding hydrogens is 267 g/mol. The monoisotopic (exact) mass is 279 g/mol. The van der Waals surface area contributed by atoms with Crippen molar-refractivity contribution in [2.24, 2.45) is 0 Å². The SMILES string of the molecule is FC(F)(F)c1cnc(N[C@H]2CCCNC2)c(Cl)c1. The van der Waals surface area contributed by atoms with Crippen molar-refractivity contribution < 1.29 is 13.2 Å². The van der Waals surface area contributed by atoms with Gasteiger partial charge in [-0.3, -0.25) is 0 Å². The molecule has 0 aliphatic carbocycles. The van der Waals surface area contributed by atoms with Crippen LogP contribution in [0.5, 0.6) is 0 Å². The largest absolute Gasteiger partial charge is 0.417 e. The van der Waals surface area contributed by atoms with Crippen LogP contribution in [0.4, 0.5) is 19.0 Å².